The highest BCUT2D eigenvalue weighted by Gasteiger charge is 2.20. The number of nitrogens with one attached hydrogen (secondary N) is 2. The van der Waals surface area contributed by atoms with E-state index in [1.54, 1.807) is 18.3 Å². The van der Waals surface area contributed by atoms with Crippen molar-refractivity contribution in [2.45, 2.75) is 26.7 Å². The topological polar surface area (TPSA) is 63.2 Å². The first kappa shape index (κ1) is 22.2. The number of nitrogens with zero attached hydrogens (tertiary/aromatic N) is 1. The first-order valence-electron chi connectivity index (χ1n) is 8.33. The van der Waals surface area contributed by atoms with Gasteiger partial charge in [-0.15, -0.1) is 24.8 Å². The summed E-state index contributed by atoms with van der Waals surface area (Å²) in [6.45, 7) is 5.25. The molecule has 0 aliphatic heterocycles. The summed E-state index contributed by atoms with van der Waals surface area (Å²) >= 11 is 0. The molecule has 7 heteroatoms. The predicted molar refractivity (Wildman–Crippen MR) is 109 cm³/mol. The fourth-order valence-electron chi connectivity index (χ4n) is 2.41. The van der Waals surface area contributed by atoms with Crippen LogP contribution in [-0.4, -0.2) is 24.0 Å². The standard InChI is InChI=1S/C19H23N3O2.2ClH/c1-13-5-3-7-17(14(13)2)24-19-16(6-4-10-21-19)22-18(23)12-20-11-15-8-9-15;;/h3-7,10,15,20H,8-9,11-12H2,1-2H3,(H,22,23);2*1H. The quantitative estimate of drug-likeness (QED) is 0.731. The number of aromatic nitrogens is 1. The first-order chi connectivity index (χ1) is 11.6. The van der Waals surface area contributed by atoms with Gasteiger partial charge in [0.15, 0.2) is 0 Å². The molecule has 0 bridgehead atoms. The number of pyridine rings is 1. The van der Waals surface area contributed by atoms with Crippen LogP contribution in [0.25, 0.3) is 0 Å². The number of anilines is 1. The number of aryl methyl sites for hydroxylation is 1. The van der Waals surface area contributed by atoms with Gasteiger partial charge in [0.25, 0.3) is 0 Å². The Morgan fingerprint density at radius 1 is 1.19 bits per heavy atom. The zero-order valence-electron chi connectivity index (χ0n) is 15.0. The molecule has 1 amide bonds. The van der Waals surface area contributed by atoms with E-state index in [0.29, 0.717) is 18.1 Å². The fraction of sp³-hybridized carbons (Fsp3) is 0.368. The van der Waals surface area contributed by atoms with Crippen molar-refractivity contribution in [1.82, 2.24) is 10.3 Å². The molecule has 2 N–H and O–H groups in total. The highest BCUT2D eigenvalue weighted by atomic mass is 35.5. The summed E-state index contributed by atoms with van der Waals surface area (Å²) in [7, 11) is 0. The Bertz CT molecular complexity index is 736. The van der Waals surface area contributed by atoms with Crippen molar-refractivity contribution in [2.75, 3.05) is 18.4 Å². The highest BCUT2D eigenvalue weighted by Crippen LogP contribution is 2.30. The van der Waals surface area contributed by atoms with Crippen molar-refractivity contribution < 1.29 is 9.53 Å². The molecule has 0 saturated heterocycles. The lowest BCUT2D eigenvalue weighted by Crippen LogP contribution is -2.29. The summed E-state index contributed by atoms with van der Waals surface area (Å²) in [6, 6.07) is 9.46. The number of carbonyl (C=O) groups is 1. The van der Waals surface area contributed by atoms with Crippen molar-refractivity contribution >= 4 is 36.4 Å². The Kier molecular flexibility index (Phi) is 8.85. The lowest BCUT2D eigenvalue weighted by Gasteiger charge is -2.13. The SMILES string of the molecule is Cc1cccc(Oc2ncccc2NC(=O)CNCC2CC2)c1C.Cl.Cl. The molecule has 1 heterocycles. The Balaban J connectivity index is 0.00000169. The number of benzene rings is 1. The smallest absolute Gasteiger partial charge is 0.243 e. The van der Waals surface area contributed by atoms with E-state index < -0.39 is 0 Å². The zero-order chi connectivity index (χ0) is 16.9. The number of ether oxygens (including phenoxy) is 1. The molecule has 1 aliphatic rings. The molecule has 0 spiro atoms. The summed E-state index contributed by atoms with van der Waals surface area (Å²) in [6.07, 6.45) is 4.19. The number of hydrogen-bond acceptors (Lipinski definition) is 4. The van der Waals surface area contributed by atoms with Gasteiger partial charge in [-0.25, -0.2) is 4.98 Å². The van der Waals surface area contributed by atoms with Crippen molar-refractivity contribution in [3.8, 4) is 11.6 Å². The van der Waals surface area contributed by atoms with Gasteiger partial charge in [-0.1, -0.05) is 12.1 Å². The van der Waals surface area contributed by atoms with E-state index in [4.69, 9.17) is 4.74 Å². The van der Waals surface area contributed by atoms with Gasteiger partial charge in [-0.2, -0.15) is 0 Å². The predicted octanol–water partition coefficient (Wildman–Crippen LogP) is 4.27. The van der Waals surface area contributed by atoms with Crippen molar-refractivity contribution in [1.29, 1.82) is 0 Å². The molecule has 0 unspecified atom stereocenters. The number of hydrogen-bond donors (Lipinski definition) is 2. The van der Waals surface area contributed by atoms with Crippen LogP contribution in [0, 0.1) is 19.8 Å². The molecule has 1 saturated carbocycles. The normalized spacial score (nSPS) is 12.5. The Morgan fingerprint density at radius 2 is 1.96 bits per heavy atom. The van der Waals surface area contributed by atoms with Crippen LogP contribution in [0.4, 0.5) is 5.69 Å². The minimum absolute atomic E-state index is 0. The summed E-state index contributed by atoms with van der Waals surface area (Å²) < 4.78 is 5.93. The zero-order valence-corrected chi connectivity index (χ0v) is 16.6. The second kappa shape index (κ2) is 10.4. The van der Waals surface area contributed by atoms with Gasteiger partial charge in [-0.05, 0) is 68.5 Å². The van der Waals surface area contributed by atoms with Gasteiger partial charge >= 0.3 is 0 Å². The van der Waals surface area contributed by atoms with E-state index >= 15 is 0 Å². The monoisotopic (exact) mass is 397 g/mol. The average molecular weight is 398 g/mol. The molecule has 3 rings (SSSR count). The number of carbonyl (C=O) groups excluding carboxylic acids is 1. The Hall–Kier alpha value is -1.82. The number of rotatable bonds is 7. The van der Waals surface area contributed by atoms with Gasteiger partial charge in [0, 0.05) is 6.20 Å². The maximum atomic E-state index is 12.1. The molecule has 1 aliphatic carbocycles. The molecule has 1 aromatic heterocycles. The van der Waals surface area contributed by atoms with Gasteiger partial charge in [0.05, 0.1) is 6.54 Å². The summed E-state index contributed by atoms with van der Waals surface area (Å²) in [5.74, 6) is 1.81. The van der Waals surface area contributed by atoms with Crippen LogP contribution >= 0.6 is 24.8 Å². The van der Waals surface area contributed by atoms with Crippen LogP contribution in [0.15, 0.2) is 36.5 Å². The lowest BCUT2D eigenvalue weighted by atomic mass is 10.1. The molecule has 26 heavy (non-hydrogen) atoms. The van der Waals surface area contributed by atoms with E-state index in [-0.39, 0.29) is 30.7 Å². The Labute approximate surface area is 166 Å². The van der Waals surface area contributed by atoms with E-state index in [2.05, 4.69) is 15.6 Å². The van der Waals surface area contributed by atoms with Crippen LogP contribution in [0.5, 0.6) is 11.6 Å². The molecule has 0 atom stereocenters. The van der Waals surface area contributed by atoms with E-state index in [9.17, 15) is 4.79 Å². The van der Waals surface area contributed by atoms with Crippen molar-refractivity contribution in [3.05, 3.63) is 47.7 Å². The van der Waals surface area contributed by atoms with Crippen LogP contribution in [-0.2, 0) is 4.79 Å². The highest BCUT2D eigenvalue weighted by molar-refractivity contribution is 5.93. The molecule has 0 radical (unpaired) electrons. The van der Waals surface area contributed by atoms with Crippen molar-refractivity contribution in [2.24, 2.45) is 5.92 Å². The van der Waals surface area contributed by atoms with Crippen LogP contribution in [0.3, 0.4) is 0 Å². The third-order valence-electron chi connectivity index (χ3n) is 4.22. The first-order valence-corrected chi connectivity index (χ1v) is 8.33. The average Bonchev–Trinajstić information content (AvgIpc) is 3.38. The van der Waals surface area contributed by atoms with Crippen LogP contribution in [0.1, 0.15) is 24.0 Å². The van der Waals surface area contributed by atoms with Gasteiger partial charge in [0.1, 0.15) is 11.4 Å². The summed E-state index contributed by atoms with van der Waals surface area (Å²) in [5.41, 5.74) is 2.79. The van der Waals surface area contributed by atoms with Gasteiger partial charge in [0.2, 0.25) is 11.8 Å². The van der Waals surface area contributed by atoms with Gasteiger partial charge < -0.3 is 15.4 Å². The molecule has 142 valence electrons. The van der Waals surface area contributed by atoms with Crippen LogP contribution in [0.2, 0.25) is 0 Å². The molecule has 1 aromatic carbocycles. The van der Waals surface area contributed by atoms with Crippen molar-refractivity contribution in [3.63, 3.8) is 0 Å². The molecular formula is C19H25Cl2N3O2. The van der Waals surface area contributed by atoms with E-state index in [0.717, 1.165) is 29.3 Å². The third-order valence-corrected chi connectivity index (χ3v) is 4.22. The molecule has 2 aromatic rings. The maximum absolute atomic E-state index is 12.1. The number of halogens is 2. The molecule has 5 nitrogen and oxygen atoms in total. The second-order valence-electron chi connectivity index (χ2n) is 6.28. The minimum Gasteiger partial charge on any atom is -0.437 e. The fourth-order valence-corrected chi connectivity index (χ4v) is 2.41. The second-order valence-corrected chi connectivity index (χ2v) is 6.28. The lowest BCUT2D eigenvalue weighted by molar-refractivity contribution is -0.115. The third kappa shape index (κ3) is 6.16. The van der Waals surface area contributed by atoms with E-state index in [1.165, 1.54) is 12.8 Å². The minimum atomic E-state index is -0.0885. The number of amides is 1. The summed E-state index contributed by atoms with van der Waals surface area (Å²) in [5, 5.41) is 6.05. The molecule has 1 fully saturated rings. The van der Waals surface area contributed by atoms with Crippen LogP contribution < -0.4 is 15.4 Å². The summed E-state index contributed by atoms with van der Waals surface area (Å²) in [4.78, 5) is 16.3. The largest absolute Gasteiger partial charge is 0.437 e. The molecular weight excluding hydrogens is 373 g/mol. The maximum Gasteiger partial charge on any atom is 0.243 e. The van der Waals surface area contributed by atoms with E-state index in [1.807, 2.05) is 32.0 Å². The van der Waals surface area contributed by atoms with Gasteiger partial charge in [-0.3, -0.25) is 4.79 Å². The Morgan fingerprint density at radius 3 is 2.69 bits per heavy atom.